The predicted molar refractivity (Wildman–Crippen MR) is 136 cm³/mol. The molecule has 0 radical (unpaired) electrons. The molecule has 4 saturated carbocycles. The normalized spacial score (nSPS) is 28.6. The highest BCUT2D eigenvalue weighted by atomic mass is 19.4. The number of aromatic nitrogens is 1. The topological polar surface area (TPSA) is 85.9 Å². The average molecular weight is 719 g/mol. The first-order valence-corrected chi connectivity index (χ1v) is 14.3. The van der Waals surface area contributed by atoms with E-state index in [2.05, 4.69) is 29.8 Å². The highest BCUT2D eigenvalue weighted by molar-refractivity contribution is 5.56. The van der Waals surface area contributed by atoms with Gasteiger partial charge in [0.25, 0.3) is 11.8 Å². The summed E-state index contributed by atoms with van der Waals surface area (Å²) in [4.78, 5) is 3.38. The first-order valence-electron chi connectivity index (χ1n) is 14.3. The minimum atomic E-state index is -5.01. The van der Waals surface area contributed by atoms with E-state index < -0.39 is 114 Å². The Hall–Kier alpha value is -3.52. The van der Waals surface area contributed by atoms with E-state index in [0.29, 0.717) is 6.42 Å². The Kier molecular flexibility index (Phi) is 9.26. The SMILES string of the molecule is CCOc1nc(OCC(F)(F)F)c(F)c(NC23CC4CC2CC(NC2=C(F)C(OCC(F)(F)F)NC(OCC(F)(F)F)=C2F)(C4)C3)c1F. The predicted octanol–water partition coefficient (Wildman–Crippen LogP) is 6.81. The molecule has 2 heterocycles. The fourth-order valence-electron chi connectivity index (χ4n) is 7.11. The Balaban J connectivity index is 1.46. The molecule has 0 amide bonds. The number of hydrogen-bond donors (Lipinski definition) is 3. The second-order valence-corrected chi connectivity index (χ2v) is 12.1. The van der Waals surface area contributed by atoms with Crippen molar-refractivity contribution < 1.29 is 76.0 Å². The molecule has 4 bridgehead atoms. The number of nitrogens with one attached hydrogen (secondary N) is 3. The minimum Gasteiger partial charge on any atom is -0.476 e. The van der Waals surface area contributed by atoms with Gasteiger partial charge in [0.1, 0.15) is 18.0 Å². The van der Waals surface area contributed by atoms with Gasteiger partial charge in [-0.25, -0.2) is 4.39 Å². The molecule has 21 heteroatoms. The standard InChI is InChI=1S/C27H27F13N4O4/c1-2-45-19-15(30)18(16(31)22(41-19)48-10-27(38,39)40)44-24-5-11-3-12(24)6-23(4-11,7-24)43-17-13(28)20(46-8-25(32,33)34)42-21(14(17)29)47-9-26(35,36)37/h11-12,20,42-43H,2-10H2,1H3,(H,41,44). The zero-order chi connectivity index (χ0) is 35.4. The number of alkyl halides is 9. The molecule has 48 heavy (non-hydrogen) atoms. The van der Waals surface area contributed by atoms with Gasteiger partial charge in [-0.3, -0.25) is 0 Å². The highest BCUT2D eigenvalue weighted by Crippen LogP contribution is 2.64. The van der Waals surface area contributed by atoms with Crippen LogP contribution < -0.4 is 25.4 Å². The Morgan fingerprint density at radius 1 is 0.792 bits per heavy atom. The van der Waals surface area contributed by atoms with Crippen LogP contribution in [-0.4, -0.2) is 67.2 Å². The van der Waals surface area contributed by atoms with E-state index in [1.165, 1.54) is 6.92 Å². The molecule has 270 valence electrons. The van der Waals surface area contributed by atoms with E-state index in [1.54, 1.807) is 5.32 Å². The van der Waals surface area contributed by atoms with Crippen LogP contribution in [0.3, 0.4) is 0 Å². The van der Waals surface area contributed by atoms with E-state index in [1.807, 2.05) is 0 Å². The van der Waals surface area contributed by atoms with Gasteiger partial charge in [-0.05, 0) is 50.9 Å². The van der Waals surface area contributed by atoms with Crippen molar-refractivity contribution in [3.8, 4) is 11.8 Å². The fraction of sp³-hybridized carbons (Fsp3) is 0.667. The van der Waals surface area contributed by atoms with Crippen molar-refractivity contribution in [1.82, 2.24) is 15.6 Å². The number of pyridine rings is 1. The number of nitrogens with zero attached hydrogens (tertiary/aromatic N) is 1. The summed E-state index contributed by atoms with van der Waals surface area (Å²) in [5.41, 5.74) is -4.63. The molecule has 5 unspecified atom stereocenters. The molecule has 0 saturated heterocycles. The maximum atomic E-state index is 15.5. The summed E-state index contributed by atoms with van der Waals surface area (Å²) >= 11 is 0. The second-order valence-electron chi connectivity index (χ2n) is 12.1. The first kappa shape index (κ1) is 35.8. The monoisotopic (exact) mass is 718 g/mol. The number of ether oxygens (including phenoxy) is 4. The molecular formula is C27H27F13N4O4. The van der Waals surface area contributed by atoms with E-state index >= 15 is 17.6 Å². The molecule has 8 nitrogen and oxygen atoms in total. The molecule has 1 aromatic rings. The smallest absolute Gasteiger partial charge is 0.422 e. The first-order chi connectivity index (χ1) is 22.1. The molecule has 5 atom stereocenters. The van der Waals surface area contributed by atoms with Gasteiger partial charge in [-0.2, -0.15) is 57.7 Å². The third-order valence-electron chi connectivity index (χ3n) is 8.40. The number of rotatable bonds is 12. The summed E-state index contributed by atoms with van der Waals surface area (Å²) in [5.74, 6) is -10.6. The number of hydrogen-bond acceptors (Lipinski definition) is 8. The van der Waals surface area contributed by atoms with Crippen molar-refractivity contribution >= 4 is 5.69 Å². The van der Waals surface area contributed by atoms with Crippen molar-refractivity contribution in [3.63, 3.8) is 0 Å². The van der Waals surface area contributed by atoms with Gasteiger partial charge in [0.15, 0.2) is 25.3 Å². The number of dihydropyridines is 1. The summed E-state index contributed by atoms with van der Waals surface area (Å²) in [6.45, 7) is -4.93. The van der Waals surface area contributed by atoms with Gasteiger partial charge in [0.05, 0.1) is 6.61 Å². The Bertz CT molecular complexity index is 1460. The Morgan fingerprint density at radius 3 is 2.00 bits per heavy atom. The Morgan fingerprint density at radius 2 is 1.40 bits per heavy atom. The van der Waals surface area contributed by atoms with E-state index in [9.17, 15) is 39.5 Å². The highest BCUT2D eigenvalue weighted by Gasteiger charge is 2.65. The van der Waals surface area contributed by atoms with E-state index in [-0.39, 0.29) is 38.2 Å². The molecule has 4 aliphatic carbocycles. The van der Waals surface area contributed by atoms with Crippen LogP contribution in [0.25, 0.3) is 0 Å². The maximum Gasteiger partial charge on any atom is 0.422 e. The van der Waals surface area contributed by atoms with E-state index in [0.717, 1.165) is 0 Å². The molecule has 4 fully saturated rings. The quantitative estimate of drug-likeness (QED) is 0.204. The van der Waals surface area contributed by atoms with Gasteiger partial charge in [-0.15, -0.1) is 0 Å². The lowest BCUT2D eigenvalue weighted by Crippen LogP contribution is -2.52. The van der Waals surface area contributed by atoms with Gasteiger partial charge in [-0.1, -0.05) is 0 Å². The third-order valence-corrected chi connectivity index (χ3v) is 8.40. The zero-order valence-electron chi connectivity index (χ0n) is 24.6. The van der Waals surface area contributed by atoms with Crippen molar-refractivity contribution in [2.24, 2.45) is 11.8 Å². The number of anilines is 1. The lowest BCUT2D eigenvalue weighted by Gasteiger charge is -2.43. The van der Waals surface area contributed by atoms with Crippen LogP contribution in [0.15, 0.2) is 23.2 Å². The van der Waals surface area contributed by atoms with Crippen LogP contribution in [0.5, 0.6) is 11.8 Å². The largest absolute Gasteiger partial charge is 0.476 e. The number of allylic oxidation sites excluding steroid dienone is 1. The fourth-order valence-corrected chi connectivity index (χ4v) is 7.11. The summed E-state index contributed by atoms with van der Waals surface area (Å²) in [6, 6.07) is 0. The third kappa shape index (κ3) is 7.54. The van der Waals surface area contributed by atoms with Crippen LogP contribution in [0.4, 0.5) is 62.8 Å². The lowest BCUT2D eigenvalue weighted by molar-refractivity contribution is -0.189. The van der Waals surface area contributed by atoms with Crippen LogP contribution in [0.2, 0.25) is 0 Å². The van der Waals surface area contributed by atoms with Crippen LogP contribution in [0, 0.1) is 23.5 Å². The minimum absolute atomic E-state index is 0.0604. The van der Waals surface area contributed by atoms with Gasteiger partial charge < -0.3 is 34.9 Å². The average Bonchev–Trinajstić information content (AvgIpc) is 3.32. The number of halogens is 13. The van der Waals surface area contributed by atoms with Gasteiger partial charge in [0, 0.05) is 11.1 Å². The Labute approximate surface area is 263 Å². The van der Waals surface area contributed by atoms with Gasteiger partial charge in [0.2, 0.25) is 23.3 Å². The van der Waals surface area contributed by atoms with Crippen molar-refractivity contribution in [1.29, 1.82) is 0 Å². The van der Waals surface area contributed by atoms with Crippen LogP contribution in [-0.2, 0) is 9.47 Å². The molecule has 1 aliphatic heterocycles. The van der Waals surface area contributed by atoms with Crippen molar-refractivity contribution in [2.75, 3.05) is 31.7 Å². The molecule has 5 aliphatic rings. The summed E-state index contributed by atoms with van der Waals surface area (Å²) < 4.78 is 196. The summed E-state index contributed by atoms with van der Waals surface area (Å²) in [6.07, 6.45) is -16.5. The summed E-state index contributed by atoms with van der Waals surface area (Å²) in [7, 11) is 0. The lowest BCUT2D eigenvalue weighted by atomic mass is 9.74. The summed E-state index contributed by atoms with van der Waals surface area (Å²) in [5, 5.41) is 7.03. The molecule has 1 aromatic heterocycles. The molecular weight excluding hydrogens is 691 g/mol. The second kappa shape index (κ2) is 12.4. The van der Waals surface area contributed by atoms with Gasteiger partial charge >= 0.3 is 18.5 Å². The van der Waals surface area contributed by atoms with Crippen LogP contribution >= 0.6 is 0 Å². The molecule has 3 N–H and O–H groups in total. The van der Waals surface area contributed by atoms with Crippen molar-refractivity contribution in [3.05, 3.63) is 34.9 Å². The molecule has 0 aromatic carbocycles. The van der Waals surface area contributed by atoms with Crippen LogP contribution in [0.1, 0.15) is 39.0 Å². The molecule has 0 spiro atoms. The van der Waals surface area contributed by atoms with E-state index in [4.69, 9.17) is 4.74 Å². The maximum absolute atomic E-state index is 15.5. The zero-order valence-corrected chi connectivity index (χ0v) is 24.6. The molecule has 6 rings (SSSR count). The van der Waals surface area contributed by atoms with Crippen molar-refractivity contribution in [2.45, 2.75) is 74.9 Å².